The summed E-state index contributed by atoms with van der Waals surface area (Å²) in [6.07, 6.45) is 1.99. The molecule has 0 aliphatic carbocycles. The van der Waals surface area contributed by atoms with Gasteiger partial charge in [0.15, 0.2) is 0 Å². The number of halogens is 1. The maximum atomic E-state index is 14.2. The highest BCUT2D eigenvalue weighted by Gasteiger charge is 2.33. The van der Waals surface area contributed by atoms with Crippen LogP contribution in [0.15, 0.2) is 109 Å². The summed E-state index contributed by atoms with van der Waals surface area (Å²) in [6, 6.07) is 31.2. The van der Waals surface area contributed by atoms with Gasteiger partial charge in [-0.05, 0) is 60.0 Å². The van der Waals surface area contributed by atoms with E-state index in [1.54, 1.807) is 48.5 Å². The molecule has 10 heteroatoms. The van der Waals surface area contributed by atoms with E-state index in [-0.39, 0.29) is 24.6 Å². The highest BCUT2D eigenvalue weighted by atomic mass is 35.5. The molecule has 0 spiro atoms. The van der Waals surface area contributed by atoms with E-state index in [1.807, 2.05) is 67.6 Å². The average molecular weight is 634 g/mol. The molecule has 4 aromatic carbocycles. The molecule has 2 amide bonds. The zero-order valence-electron chi connectivity index (χ0n) is 24.7. The number of hydrogen-bond acceptors (Lipinski definition) is 5. The van der Waals surface area contributed by atoms with E-state index in [1.165, 1.54) is 4.90 Å². The predicted octanol–water partition coefficient (Wildman–Crippen LogP) is 6.06. The summed E-state index contributed by atoms with van der Waals surface area (Å²) < 4.78 is 33.0. The topological polar surface area (TPSA) is 96.0 Å². The molecule has 1 N–H and O–H groups in total. The van der Waals surface area contributed by atoms with Gasteiger partial charge in [-0.1, -0.05) is 85.3 Å². The van der Waals surface area contributed by atoms with Crippen molar-refractivity contribution in [2.24, 2.45) is 0 Å². The first kappa shape index (κ1) is 32.6. The molecule has 0 fully saturated rings. The van der Waals surface area contributed by atoms with Crippen molar-refractivity contribution < 1.29 is 22.7 Å². The number of carbonyl (C=O) groups excluding carboxylic acids is 2. The molecular weight excluding hydrogens is 598 g/mol. The monoisotopic (exact) mass is 633 g/mol. The third-order valence-electron chi connectivity index (χ3n) is 6.90. The number of nitrogens with one attached hydrogen (secondary N) is 1. The predicted molar refractivity (Wildman–Crippen MR) is 174 cm³/mol. The van der Waals surface area contributed by atoms with Crippen molar-refractivity contribution in [3.63, 3.8) is 0 Å². The summed E-state index contributed by atoms with van der Waals surface area (Å²) in [6.45, 7) is 1.87. The SMILES string of the molecule is CCCNC(=O)C(Cc1ccccc1)N(Cc1ccccc1Cl)C(=O)CN(c1ccc(Oc2ccccc2)cc1)S(C)(=O)=O. The molecular formula is C34H36ClN3O5S. The Morgan fingerprint density at radius 3 is 2.05 bits per heavy atom. The van der Waals surface area contributed by atoms with E-state index in [2.05, 4.69) is 5.32 Å². The Labute approximate surface area is 264 Å². The van der Waals surface area contributed by atoms with Crippen molar-refractivity contribution in [2.75, 3.05) is 23.7 Å². The van der Waals surface area contributed by atoms with Crippen LogP contribution >= 0.6 is 11.6 Å². The number of sulfonamides is 1. The fourth-order valence-electron chi connectivity index (χ4n) is 4.65. The number of rotatable bonds is 14. The van der Waals surface area contributed by atoms with Gasteiger partial charge in [-0.2, -0.15) is 0 Å². The van der Waals surface area contributed by atoms with Crippen molar-refractivity contribution in [3.05, 3.63) is 125 Å². The fourth-order valence-corrected chi connectivity index (χ4v) is 5.69. The number of carbonyl (C=O) groups is 2. The van der Waals surface area contributed by atoms with Crippen LogP contribution in [0, 0.1) is 0 Å². The average Bonchev–Trinajstić information content (AvgIpc) is 3.02. The summed E-state index contributed by atoms with van der Waals surface area (Å²) in [5.41, 5.74) is 1.78. The number of amides is 2. The van der Waals surface area contributed by atoms with Crippen LogP contribution in [0.3, 0.4) is 0 Å². The number of para-hydroxylation sites is 1. The van der Waals surface area contributed by atoms with Crippen molar-refractivity contribution >= 4 is 39.1 Å². The van der Waals surface area contributed by atoms with Crippen LogP contribution in [0.2, 0.25) is 5.02 Å². The maximum Gasteiger partial charge on any atom is 0.244 e. The van der Waals surface area contributed by atoms with Crippen molar-refractivity contribution in [3.8, 4) is 11.5 Å². The molecule has 0 aliphatic rings. The summed E-state index contributed by atoms with van der Waals surface area (Å²) >= 11 is 6.49. The molecule has 0 aromatic heterocycles. The second-order valence-corrected chi connectivity index (χ2v) is 12.6. The van der Waals surface area contributed by atoms with Gasteiger partial charge in [-0.3, -0.25) is 13.9 Å². The lowest BCUT2D eigenvalue weighted by molar-refractivity contribution is -0.140. The van der Waals surface area contributed by atoms with Gasteiger partial charge in [0.2, 0.25) is 21.8 Å². The molecule has 0 heterocycles. The zero-order valence-corrected chi connectivity index (χ0v) is 26.3. The first-order valence-electron chi connectivity index (χ1n) is 14.3. The highest BCUT2D eigenvalue weighted by Crippen LogP contribution is 2.27. The van der Waals surface area contributed by atoms with Crippen LogP contribution in [-0.4, -0.2) is 50.5 Å². The summed E-state index contributed by atoms with van der Waals surface area (Å²) in [7, 11) is -3.90. The molecule has 0 bridgehead atoms. The molecule has 0 aliphatic heterocycles. The van der Waals surface area contributed by atoms with Crippen LogP contribution in [-0.2, 0) is 32.6 Å². The Morgan fingerprint density at radius 2 is 1.43 bits per heavy atom. The molecule has 44 heavy (non-hydrogen) atoms. The number of nitrogens with zero attached hydrogens (tertiary/aromatic N) is 2. The normalized spacial score (nSPS) is 11.8. The molecule has 230 valence electrons. The molecule has 8 nitrogen and oxygen atoms in total. The molecule has 0 radical (unpaired) electrons. The van der Waals surface area contributed by atoms with Crippen LogP contribution in [0.25, 0.3) is 0 Å². The van der Waals surface area contributed by atoms with Gasteiger partial charge in [0.05, 0.1) is 11.9 Å². The van der Waals surface area contributed by atoms with E-state index >= 15 is 0 Å². The van der Waals surface area contributed by atoms with E-state index in [9.17, 15) is 18.0 Å². The second-order valence-electron chi connectivity index (χ2n) is 10.3. The largest absolute Gasteiger partial charge is 0.457 e. The minimum Gasteiger partial charge on any atom is -0.457 e. The van der Waals surface area contributed by atoms with E-state index in [0.29, 0.717) is 35.1 Å². The lowest BCUT2D eigenvalue weighted by Gasteiger charge is -2.33. The fraction of sp³-hybridized carbons (Fsp3) is 0.235. The van der Waals surface area contributed by atoms with Gasteiger partial charge in [0.25, 0.3) is 0 Å². The minimum absolute atomic E-state index is 0.0109. The summed E-state index contributed by atoms with van der Waals surface area (Å²) in [5.74, 6) is 0.268. The van der Waals surface area contributed by atoms with Crippen molar-refractivity contribution in [1.82, 2.24) is 10.2 Å². The molecule has 1 atom stereocenters. The third kappa shape index (κ3) is 9.08. The Morgan fingerprint density at radius 1 is 0.841 bits per heavy atom. The Hall–Kier alpha value is -4.34. The lowest BCUT2D eigenvalue weighted by Crippen LogP contribution is -2.53. The van der Waals surface area contributed by atoms with Gasteiger partial charge in [-0.25, -0.2) is 8.42 Å². The third-order valence-corrected chi connectivity index (χ3v) is 8.41. The Balaban J connectivity index is 1.67. The quantitative estimate of drug-likeness (QED) is 0.182. The molecule has 0 saturated heterocycles. The minimum atomic E-state index is -3.90. The number of hydrogen-bond donors (Lipinski definition) is 1. The van der Waals surface area contributed by atoms with Crippen molar-refractivity contribution in [2.45, 2.75) is 32.4 Å². The second kappa shape index (κ2) is 15.4. The number of anilines is 1. The van der Waals surface area contributed by atoms with Gasteiger partial charge in [0.1, 0.15) is 24.1 Å². The number of ether oxygens (including phenoxy) is 1. The molecule has 0 saturated carbocycles. The molecule has 1 unspecified atom stereocenters. The summed E-state index contributed by atoms with van der Waals surface area (Å²) in [5, 5.41) is 3.36. The Bertz CT molecular complexity index is 1630. The van der Waals surface area contributed by atoms with Crippen LogP contribution in [0.1, 0.15) is 24.5 Å². The smallest absolute Gasteiger partial charge is 0.244 e. The highest BCUT2D eigenvalue weighted by molar-refractivity contribution is 7.92. The molecule has 4 aromatic rings. The standard InChI is InChI=1S/C34H36ClN3O5S/c1-3-22-36-34(40)32(23-26-12-6-4-7-13-26)37(24-27-14-10-11-17-31(27)35)33(39)25-38(44(2,41)42)28-18-20-30(21-19-28)43-29-15-8-5-9-16-29/h4-21,32H,3,22-25H2,1-2H3,(H,36,40). The first-order chi connectivity index (χ1) is 21.2. The van der Waals surface area contributed by atoms with Gasteiger partial charge in [0, 0.05) is 24.5 Å². The van der Waals surface area contributed by atoms with Crippen LogP contribution < -0.4 is 14.4 Å². The van der Waals surface area contributed by atoms with Gasteiger partial charge in [-0.15, -0.1) is 0 Å². The van der Waals surface area contributed by atoms with Crippen LogP contribution in [0.5, 0.6) is 11.5 Å². The van der Waals surface area contributed by atoms with E-state index < -0.39 is 28.5 Å². The first-order valence-corrected chi connectivity index (χ1v) is 16.5. The summed E-state index contributed by atoms with van der Waals surface area (Å²) in [4.78, 5) is 29.2. The van der Waals surface area contributed by atoms with E-state index in [4.69, 9.17) is 16.3 Å². The zero-order chi connectivity index (χ0) is 31.5. The van der Waals surface area contributed by atoms with E-state index in [0.717, 1.165) is 16.1 Å². The number of benzene rings is 4. The van der Waals surface area contributed by atoms with Crippen molar-refractivity contribution in [1.29, 1.82) is 0 Å². The molecule has 4 rings (SSSR count). The van der Waals surface area contributed by atoms with Gasteiger partial charge < -0.3 is 15.0 Å². The lowest BCUT2D eigenvalue weighted by atomic mass is 10.0. The van der Waals surface area contributed by atoms with Crippen LogP contribution in [0.4, 0.5) is 5.69 Å². The maximum absolute atomic E-state index is 14.2. The van der Waals surface area contributed by atoms with Gasteiger partial charge >= 0.3 is 0 Å². The Kier molecular flexibility index (Phi) is 11.4.